The molecule has 1 rings (SSSR count). The van der Waals surface area contributed by atoms with Crippen molar-refractivity contribution >= 4 is 23.2 Å². The van der Waals surface area contributed by atoms with Crippen LogP contribution in [-0.4, -0.2) is 0 Å². The van der Waals surface area contributed by atoms with E-state index in [1.54, 1.807) is 12.1 Å². The molecule has 0 saturated carbocycles. The molecule has 0 fully saturated rings. The number of rotatable bonds is 3. The fourth-order valence-corrected chi connectivity index (χ4v) is 1.98. The van der Waals surface area contributed by atoms with E-state index in [4.69, 9.17) is 28.9 Å². The van der Waals surface area contributed by atoms with Gasteiger partial charge in [-0.15, -0.1) is 0 Å². The predicted molar refractivity (Wildman–Crippen MR) is 72.1 cm³/mol. The SMILES string of the molecule is CC(C)(C)CC[C@@H](N)c1cc(Cl)ccc1Cl. The van der Waals surface area contributed by atoms with Crippen molar-refractivity contribution in [2.45, 2.75) is 39.7 Å². The second-order valence-electron chi connectivity index (χ2n) is 5.37. The van der Waals surface area contributed by atoms with Gasteiger partial charge in [-0.1, -0.05) is 44.0 Å². The minimum Gasteiger partial charge on any atom is -0.324 e. The number of hydrogen-bond acceptors (Lipinski definition) is 1. The van der Waals surface area contributed by atoms with Gasteiger partial charge in [0.1, 0.15) is 0 Å². The zero-order valence-electron chi connectivity index (χ0n) is 10.1. The Morgan fingerprint density at radius 1 is 1.25 bits per heavy atom. The largest absolute Gasteiger partial charge is 0.324 e. The first-order chi connectivity index (χ1) is 7.29. The monoisotopic (exact) mass is 259 g/mol. The van der Waals surface area contributed by atoms with Crippen LogP contribution in [0.3, 0.4) is 0 Å². The van der Waals surface area contributed by atoms with Crippen molar-refractivity contribution in [3.63, 3.8) is 0 Å². The molecule has 0 radical (unpaired) electrons. The molecule has 0 bridgehead atoms. The Balaban J connectivity index is 2.73. The van der Waals surface area contributed by atoms with Crippen molar-refractivity contribution in [3.8, 4) is 0 Å². The molecule has 16 heavy (non-hydrogen) atoms. The van der Waals surface area contributed by atoms with Crippen LogP contribution >= 0.6 is 23.2 Å². The maximum Gasteiger partial charge on any atom is 0.0454 e. The average Bonchev–Trinajstić information content (AvgIpc) is 2.17. The van der Waals surface area contributed by atoms with Crippen LogP contribution in [0.4, 0.5) is 0 Å². The summed E-state index contributed by atoms with van der Waals surface area (Å²) in [6.45, 7) is 6.62. The summed E-state index contributed by atoms with van der Waals surface area (Å²) < 4.78 is 0. The van der Waals surface area contributed by atoms with E-state index >= 15 is 0 Å². The molecule has 0 amide bonds. The Kier molecular flexibility index (Phi) is 4.66. The van der Waals surface area contributed by atoms with Crippen molar-refractivity contribution in [3.05, 3.63) is 33.8 Å². The van der Waals surface area contributed by atoms with Gasteiger partial charge in [-0.2, -0.15) is 0 Å². The van der Waals surface area contributed by atoms with Gasteiger partial charge in [0, 0.05) is 16.1 Å². The van der Waals surface area contributed by atoms with Gasteiger partial charge in [-0.3, -0.25) is 0 Å². The molecule has 0 aromatic heterocycles. The minimum absolute atomic E-state index is 0.0366. The van der Waals surface area contributed by atoms with Crippen LogP contribution in [0.25, 0.3) is 0 Å². The maximum absolute atomic E-state index is 6.13. The molecule has 1 aromatic rings. The van der Waals surface area contributed by atoms with Crippen LogP contribution < -0.4 is 5.73 Å². The molecular weight excluding hydrogens is 241 g/mol. The molecule has 1 aromatic carbocycles. The molecular formula is C13H19Cl2N. The molecule has 0 spiro atoms. The van der Waals surface area contributed by atoms with Gasteiger partial charge in [0.2, 0.25) is 0 Å². The molecule has 1 atom stereocenters. The van der Waals surface area contributed by atoms with Crippen molar-refractivity contribution in [2.75, 3.05) is 0 Å². The van der Waals surface area contributed by atoms with Crippen LogP contribution in [0, 0.1) is 5.41 Å². The molecule has 0 aliphatic heterocycles. The van der Waals surface area contributed by atoms with E-state index < -0.39 is 0 Å². The molecule has 0 unspecified atom stereocenters. The van der Waals surface area contributed by atoms with Gasteiger partial charge < -0.3 is 5.73 Å². The van der Waals surface area contributed by atoms with Crippen molar-refractivity contribution < 1.29 is 0 Å². The summed E-state index contributed by atoms with van der Waals surface area (Å²) in [6, 6.07) is 5.41. The minimum atomic E-state index is -0.0366. The van der Waals surface area contributed by atoms with Crippen LogP contribution in [0.5, 0.6) is 0 Å². The van der Waals surface area contributed by atoms with Crippen molar-refractivity contribution in [2.24, 2.45) is 11.1 Å². The van der Waals surface area contributed by atoms with E-state index in [0.717, 1.165) is 18.4 Å². The van der Waals surface area contributed by atoms with Gasteiger partial charge in [0.25, 0.3) is 0 Å². The lowest BCUT2D eigenvalue weighted by molar-refractivity contribution is 0.350. The third-order valence-corrected chi connectivity index (χ3v) is 3.14. The highest BCUT2D eigenvalue weighted by atomic mass is 35.5. The molecule has 0 aliphatic carbocycles. The first-order valence-corrected chi connectivity index (χ1v) is 6.26. The molecule has 3 heteroatoms. The first kappa shape index (κ1) is 13.8. The Morgan fingerprint density at radius 2 is 1.88 bits per heavy atom. The fourth-order valence-electron chi connectivity index (χ4n) is 1.54. The summed E-state index contributed by atoms with van der Waals surface area (Å²) >= 11 is 12.0. The Morgan fingerprint density at radius 3 is 2.44 bits per heavy atom. The van der Waals surface area contributed by atoms with Gasteiger partial charge in [-0.25, -0.2) is 0 Å². The first-order valence-electron chi connectivity index (χ1n) is 5.50. The smallest absolute Gasteiger partial charge is 0.0454 e. The van der Waals surface area contributed by atoms with Gasteiger partial charge in [0.05, 0.1) is 0 Å². The summed E-state index contributed by atoms with van der Waals surface area (Å²) in [4.78, 5) is 0. The van der Waals surface area contributed by atoms with Crippen molar-refractivity contribution in [1.29, 1.82) is 0 Å². The number of nitrogens with two attached hydrogens (primary N) is 1. The van der Waals surface area contributed by atoms with Gasteiger partial charge >= 0.3 is 0 Å². The van der Waals surface area contributed by atoms with Crippen LogP contribution in [0.2, 0.25) is 10.0 Å². The third-order valence-electron chi connectivity index (χ3n) is 2.56. The highest BCUT2D eigenvalue weighted by molar-refractivity contribution is 6.33. The van der Waals surface area contributed by atoms with E-state index in [1.165, 1.54) is 0 Å². The van der Waals surface area contributed by atoms with E-state index in [9.17, 15) is 0 Å². The molecule has 2 N–H and O–H groups in total. The summed E-state index contributed by atoms with van der Waals surface area (Å²) in [5.41, 5.74) is 7.37. The average molecular weight is 260 g/mol. The van der Waals surface area contributed by atoms with Crippen molar-refractivity contribution in [1.82, 2.24) is 0 Å². The van der Waals surface area contributed by atoms with E-state index in [1.807, 2.05) is 6.07 Å². The van der Waals surface area contributed by atoms with Gasteiger partial charge in [-0.05, 0) is 42.0 Å². The van der Waals surface area contributed by atoms with E-state index in [0.29, 0.717) is 15.5 Å². The lowest BCUT2D eigenvalue weighted by Crippen LogP contribution is -2.15. The topological polar surface area (TPSA) is 26.0 Å². The molecule has 90 valence electrons. The maximum atomic E-state index is 6.13. The van der Waals surface area contributed by atoms with E-state index in [2.05, 4.69) is 20.8 Å². The summed E-state index contributed by atoms with van der Waals surface area (Å²) in [6.07, 6.45) is 1.99. The van der Waals surface area contributed by atoms with Crippen LogP contribution in [0.15, 0.2) is 18.2 Å². The highest BCUT2D eigenvalue weighted by Crippen LogP contribution is 2.30. The number of benzene rings is 1. The molecule has 0 saturated heterocycles. The normalized spacial score (nSPS) is 13.9. The third kappa shape index (κ3) is 4.32. The Bertz CT molecular complexity index is 355. The Labute approximate surface area is 108 Å². The summed E-state index contributed by atoms with van der Waals surface area (Å²) in [5.74, 6) is 0. The Hall–Kier alpha value is -0.240. The van der Waals surface area contributed by atoms with Crippen LogP contribution in [-0.2, 0) is 0 Å². The van der Waals surface area contributed by atoms with Gasteiger partial charge in [0.15, 0.2) is 0 Å². The lowest BCUT2D eigenvalue weighted by atomic mass is 9.87. The molecule has 1 nitrogen and oxygen atoms in total. The highest BCUT2D eigenvalue weighted by Gasteiger charge is 2.16. The standard InChI is InChI=1S/C13H19Cl2N/c1-13(2,3)7-6-12(16)10-8-9(14)4-5-11(10)15/h4-5,8,12H,6-7,16H2,1-3H3/t12-/m1/s1. The fraction of sp³-hybridized carbons (Fsp3) is 0.538. The quantitative estimate of drug-likeness (QED) is 0.828. The zero-order valence-corrected chi connectivity index (χ0v) is 11.6. The number of hydrogen-bond donors (Lipinski definition) is 1. The second kappa shape index (κ2) is 5.39. The number of halogens is 2. The summed E-state index contributed by atoms with van der Waals surface area (Å²) in [7, 11) is 0. The zero-order chi connectivity index (χ0) is 12.3. The molecule has 0 aliphatic rings. The second-order valence-corrected chi connectivity index (χ2v) is 6.22. The van der Waals surface area contributed by atoms with E-state index in [-0.39, 0.29) is 6.04 Å². The predicted octanol–water partition coefficient (Wildman–Crippen LogP) is 4.82. The lowest BCUT2D eigenvalue weighted by Gasteiger charge is -2.21. The molecule has 0 heterocycles. The summed E-state index contributed by atoms with van der Waals surface area (Å²) in [5, 5.41) is 1.39. The van der Waals surface area contributed by atoms with Crippen LogP contribution in [0.1, 0.15) is 45.2 Å².